The Labute approximate surface area is 75.0 Å². The van der Waals surface area contributed by atoms with Gasteiger partial charge >= 0.3 is 0 Å². The Hall–Kier alpha value is -1.09. The van der Waals surface area contributed by atoms with Gasteiger partial charge in [0.2, 0.25) is 0 Å². The first kappa shape index (κ1) is 7.55. The maximum absolute atomic E-state index is 5.91. The van der Waals surface area contributed by atoms with Crippen LogP contribution < -0.4 is 0 Å². The van der Waals surface area contributed by atoms with Gasteiger partial charge in [0.1, 0.15) is 0 Å². The predicted octanol–water partition coefficient (Wildman–Crippen LogP) is 2.10. The average Bonchev–Trinajstić information content (AvgIpc) is 2.49. The van der Waals surface area contributed by atoms with E-state index in [4.69, 9.17) is 11.6 Å². The van der Waals surface area contributed by atoms with E-state index in [1.807, 2.05) is 11.6 Å². The molecule has 0 radical (unpaired) electrons. The van der Waals surface area contributed by atoms with Crippen molar-refractivity contribution in [3.8, 4) is 0 Å². The van der Waals surface area contributed by atoms with Crippen molar-refractivity contribution >= 4 is 22.5 Å². The number of aromatic nitrogens is 3. The van der Waals surface area contributed by atoms with Crippen molar-refractivity contribution in [3.63, 3.8) is 0 Å². The van der Waals surface area contributed by atoms with Gasteiger partial charge in [0, 0.05) is 18.1 Å². The largest absolute Gasteiger partial charge is 0.264 e. The molecule has 2 heterocycles. The SMILES string of the molecule is CCn1ncc2c(Cl)cncc21. The van der Waals surface area contributed by atoms with Crippen molar-refractivity contribution in [2.24, 2.45) is 0 Å². The molecule has 0 aliphatic rings. The molecule has 0 atom stereocenters. The molecule has 0 amide bonds. The Morgan fingerprint density at radius 2 is 2.25 bits per heavy atom. The summed E-state index contributed by atoms with van der Waals surface area (Å²) in [6.07, 6.45) is 5.17. The van der Waals surface area contributed by atoms with E-state index in [-0.39, 0.29) is 0 Å². The fourth-order valence-electron chi connectivity index (χ4n) is 1.21. The molecule has 0 saturated heterocycles. The summed E-state index contributed by atoms with van der Waals surface area (Å²) in [6, 6.07) is 0. The summed E-state index contributed by atoms with van der Waals surface area (Å²) in [4.78, 5) is 4.00. The predicted molar refractivity (Wildman–Crippen MR) is 48.2 cm³/mol. The monoisotopic (exact) mass is 181 g/mol. The molecule has 0 aromatic carbocycles. The van der Waals surface area contributed by atoms with E-state index < -0.39 is 0 Å². The van der Waals surface area contributed by atoms with Crippen LogP contribution in [0.25, 0.3) is 10.9 Å². The molecule has 0 spiro atoms. The van der Waals surface area contributed by atoms with Gasteiger partial charge in [-0.2, -0.15) is 5.10 Å². The third kappa shape index (κ3) is 0.975. The Balaban J connectivity index is 2.80. The highest BCUT2D eigenvalue weighted by atomic mass is 35.5. The van der Waals surface area contributed by atoms with Crippen LogP contribution in [0.5, 0.6) is 0 Å². The second-order valence-corrected chi connectivity index (χ2v) is 2.92. The van der Waals surface area contributed by atoms with Crippen LogP contribution in [-0.2, 0) is 6.54 Å². The van der Waals surface area contributed by atoms with Gasteiger partial charge in [-0.1, -0.05) is 11.6 Å². The standard InChI is InChI=1S/C8H8ClN3/c1-2-12-8-5-10-4-7(9)6(8)3-11-12/h3-5H,2H2,1H3. The normalized spacial score (nSPS) is 10.8. The van der Waals surface area contributed by atoms with E-state index in [2.05, 4.69) is 10.1 Å². The maximum Gasteiger partial charge on any atom is 0.0880 e. The summed E-state index contributed by atoms with van der Waals surface area (Å²) >= 11 is 5.91. The second-order valence-electron chi connectivity index (χ2n) is 2.51. The van der Waals surface area contributed by atoms with Gasteiger partial charge in [0.05, 0.1) is 22.9 Å². The summed E-state index contributed by atoms with van der Waals surface area (Å²) in [5.74, 6) is 0. The topological polar surface area (TPSA) is 30.7 Å². The van der Waals surface area contributed by atoms with Gasteiger partial charge in [0.25, 0.3) is 0 Å². The highest BCUT2D eigenvalue weighted by molar-refractivity contribution is 6.35. The zero-order chi connectivity index (χ0) is 8.55. The Bertz CT molecular complexity index is 408. The fourth-order valence-corrected chi connectivity index (χ4v) is 1.41. The number of halogens is 1. The molecular formula is C8H8ClN3. The summed E-state index contributed by atoms with van der Waals surface area (Å²) in [6.45, 7) is 2.87. The molecule has 0 aliphatic carbocycles. The van der Waals surface area contributed by atoms with Crippen molar-refractivity contribution in [2.45, 2.75) is 13.5 Å². The summed E-state index contributed by atoms with van der Waals surface area (Å²) in [5, 5.41) is 5.79. The minimum absolute atomic E-state index is 0.659. The highest BCUT2D eigenvalue weighted by Gasteiger charge is 2.03. The average molecular weight is 182 g/mol. The van der Waals surface area contributed by atoms with Crippen LogP contribution in [0.4, 0.5) is 0 Å². The van der Waals surface area contributed by atoms with E-state index >= 15 is 0 Å². The third-order valence-corrected chi connectivity index (χ3v) is 2.12. The number of pyridine rings is 1. The zero-order valence-corrected chi connectivity index (χ0v) is 7.41. The molecule has 2 aromatic rings. The molecule has 62 valence electrons. The van der Waals surface area contributed by atoms with E-state index in [1.54, 1.807) is 18.6 Å². The van der Waals surface area contributed by atoms with E-state index in [9.17, 15) is 0 Å². The Morgan fingerprint density at radius 1 is 1.42 bits per heavy atom. The summed E-state index contributed by atoms with van der Waals surface area (Å²) in [5.41, 5.74) is 0.991. The number of hydrogen-bond acceptors (Lipinski definition) is 2. The van der Waals surface area contributed by atoms with Gasteiger partial charge in [-0.3, -0.25) is 9.67 Å². The van der Waals surface area contributed by atoms with Crippen molar-refractivity contribution in [3.05, 3.63) is 23.6 Å². The number of rotatable bonds is 1. The van der Waals surface area contributed by atoms with Crippen LogP contribution in [0.3, 0.4) is 0 Å². The fraction of sp³-hybridized carbons (Fsp3) is 0.250. The molecule has 0 fully saturated rings. The third-order valence-electron chi connectivity index (χ3n) is 1.82. The molecular weight excluding hydrogens is 174 g/mol. The van der Waals surface area contributed by atoms with Crippen molar-refractivity contribution in [1.82, 2.24) is 14.8 Å². The first-order valence-corrected chi connectivity index (χ1v) is 4.15. The van der Waals surface area contributed by atoms with Gasteiger partial charge < -0.3 is 0 Å². The molecule has 2 aromatic heterocycles. The van der Waals surface area contributed by atoms with Crippen molar-refractivity contribution in [2.75, 3.05) is 0 Å². The van der Waals surface area contributed by atoms with Gasteiger partial charge in [-0.15, -0.1) is 0 Å². The minimum atomic E-state index is 0.659. The first-order valence-electron chi connectivity index (χ1n) is 3.78. The lowest BCUT2D eigenvalue weighted by molar-refractivity contribution is 0.683. The van der Waals surface area contributed by atoms with Gasteiger partial charge in [0.15, 0.2) is 0 Å². The van der Waals surface area contributed by atoms with Crippen LogP contribution >= 0.6 is 11.6 Å². The van der Waals surface area contributed by atoms with E-state index in [1.165, 1.54) is 0 Å². The van der Waals surface area contributed by atoms with Crippen molar-refractivity contribution in [1.29, 1.82) is 0 Å². The number of fused-ring (bicyclic) bond motifs is 1. The molecule has 0 aliphatic heterocycles. The molecule has 0 N–H and O–H groups in total. The molecule has 0 bridgehead atoms. The van der Waals surface area contributed by atoms with Crippen LogP contribution in [0, 0.1) is 0 Å². The lowest BCUT2D eigenvalue weighted by Gasteiger charge is -1.96. The number of nitrogens with zero attached hydrogens (tertiary/aromatic N) is 3. The maximum atomic E-state index is 5.91. The molecule has 3 nitrogen and oxygen atoms in total. The van der Waals surface area contributed by atoms with Crippen LogP contribution in [-0.4, -0.2) is 14.8 Å². The van der Waals surface area contributed by atoms with Gasteiger partial charge in [-0.05, 0) is 6.92 Å². The van der Waals surface area contributed by atoms with Crippen molar-refractivity contribution < 1.29 is 0 Å². The van der Waals surface area contributed by atoms with Gasteiger partial charge in [-0.25, -0.2) is 0 Å². The van der Waals surface area contributed by atoms with Crippen LogP contribution in [0.15, 0.2) is 18.6 Å². The first-order chi connectivity index (χ1) is 5.83. The number of aryl methyl sites for hydroxylation is 1. The van der Waals surface area contributed by atoms with Crippen LogP contribution in [0.2, 0.25) is 5.02 Å². The summed E-state index contributed by atoms with van der Waals surface area (Å²) in [7, 11) is 0. The lowest BCUT2D eigenvalue weighted by atomic mass is 10.3. The highest BCUT2D eigenvalue weighted by Crippen LogP contribution is 2.20. The molecule has 0 saturated carbocycles. The minimum Gasteiger partial charge on any atom is -0.264 e. The second kappa shape index (κ2) is 2.75. The van der Waals surface area contributed by atoms with E-state index in [0.717, 1.165) is 17.4 Å². The zero-order valence-electron chi connectivity index (χ0n) is 6.66. The van der Waals surface area contributed by atoms with Crippen LogP contribution in [0.1, 0.15) is 6.92 Å². The molecule has 4 heteroatoms. The smallest absolute Gasteiger partial charge is 0.0880 e. The summed E-state index contributed by atoms with van der Waals surface area (Å²) < 4.78 is 1.87. The Morgan fingerprint density at radius 3 is 3.00 bits per heavy atom. The quantitative estimate of drug-likeness (QED) is 0.675. The molecule has 2 rings (SSSR count). The number of hydrogen-bond donors (Lipinski definition) is 0. The molecule has 12 heavy (non-hydrogen) atoms. The molecule has 0 unspecified atom stereocenters. The Kier molecular flexibility index (Phi) is 1.73. The lowest BCUT2D eigenvalue weighted by Crippen LogP contribution is -1.95. The van der Waals surface area contributed by atoms with E-state index in [0.29, 0.717) is 5.02 Å².